The van der Waals surface area contributed by atoms with E-state index in [0.717, 1.165) is 0 Å². The van der Waals surface area contributed by atoms with Crippen LogP contribution in [0.2, 0.25) is 5.02 Å². The van der Waals surface area contributed by atoms with Crippen LogP contribution < -0.4 is 5.73 Å². The third-order valence-electron chi connectivity index (χ3n) is 1.42. The summed E-state index contributed by atoms with van der Waals surface area (Å²) in [5.41, 5.74) is 5.85. The smallest absolute Gasteiger partial charge is 0.126 e. The summed E-state index contributed by atoms with van der Waals surface area (Å²) >= 11 is 5.65. The molecule has 0 radical (unpaired) electrons. The number of hydrogen-bond donors (Lipinski definition) is 1. The molecular formula is C8H9ClFN. The van der Waals surface area contributed by atoms with Crippen molar-refractivity contribution in [1.29, 1.82) is 0 Å². The van der Waals surface area contributed by atoms with Crippen molar-refractivity contribution in [3.8, 4) is 0 Å². The average Bonchev–Trinajstić information content (AvgIpc) is 1.98. The summed E-state index contributed by atoms with van der Waals surface area (Å²) < 4.78 is 12.8. The van der Waals surface area contributed by atoms with Gasteiger partial charge in [-0.2, -0.15) is 0 Å². The average molecular weight is 174 g/mol. The Kier molecular flexibility index (Phi) is 2.85. The van der Waals surface area contributed by atoms with Crippen LogP contribution in [0, 0.1) is 5.82 Å². The maximum atomic E-state index is 12.8. The molecule has 60 valence electrons. The van der Waals surface area contributed by atoms with Crippen LogP contribution in [0.4, 0.5) is 4.39 Å². The van der Waals surface area contributed by atoms with E-state index in [4.69, 9.17) is 17.3 Å². The third kappa shape index (κ3) is 2.17. The molecule has 0 aliphatic heterocycles. The van der Waals surface area contributed by atoms with Crippen LogP contribution in [0.5, 0.6) is 0 Å². The molecule has 0 aliphatic rings. The molecule has 1 rings (SSSR count). The Labute approximate surface area is 70.0 Å². The molecule has 1 aromatic carbocycles. The molecule has 0 fully saturated rings. The van der Waals surface area contributed by atoms with E-state index < -0.39 is 0 Å². The Morgan fingerprint density at radius 3 is 2.82 bits per heavy atom. The molecule has 0 saturated carbocycles. The standard InChI is InChI=1S/C8H9ClFN/c9-7-1-2-8(10)6(5-7)3-4-11/h1-2,5H,3-4,11H2. The Morgan fingerprint density at radius 2 is 2.18 bits per heavy atom. The lowest BCUT2D eigenvalue weighted by molar-refractivity contribution is 0.609. The highest BCUT2D eigenvalue weighted by atomic mass is 35.5. The largest absolute Gasteiger partial charge is 0.330 e. The molecule has 0 spiro atoms. The van der Waals surface area contributed by atoms with Gasteiger partial charge in [0.05, 0.1) is 0 Å². The van der Waals surface area contributed by atoms with Gasteiger partial charge in [0.2, 0.25) is 0 Å². The topological polar surface area (TPSA) is 26.0 Å². The normalized spacial score (nSPS) is 10.1. The van der Waals surface area contributed by atoms with Gasteiger partial charge in [-0.05, 0) is 36.7 Å². The van der Waals surface area contributed by atoms with Crippen LogP contribution in [0.3, 0.4) is 0 Å². The minimum atomic E-state index is -0.236. The van der Waals surface area contributed by atoms with Gasteiger partial charge in [-0.15, -0.1) is 0 Å². The first-order valence-electron chi connectivity index (χ1n) is 3.38. The highest BCUT2D eigenvalue weighted by Gasteiger charge is 2.00. The highest BCUT2D eigenvalue weighted by Crippen LogP contribution is 2.14. The molecule has 0 aromatic heterocycles. The molecule has 0 saturated heterocycles. The van der Waals surface area contributed by atoms with Crippen LogP contribution in [0.1, 0.15) is 5.56 Å². The fourth-order valence-corrected chi connectivity index (χ4v) is 1.09. The van der Waals surface area contributed by atoms with E-state index in [9.17, 15) is 4.39 Å². The molecular weight excluding hydrogens is 165 g/mol. The van der Waals surface area contributed by atoms with Crippen molar-refractivity contribution in [1.82, 2.24) is 0 Å². The molecule has 2 N–H and O–H groups in total. The summed E-state index contributed by atoms with van der Waals surface area (Å²) in [6, 6.07) is 4.48. The van der Waals surface area contributed by atoms with Crippen LogP contribution >= 0.6 is 11.6 Å². The molecule has 3 heteroatoms. The molecule has 0 amide bonds. The number of benzene rings is 1. The summed E-state index contributed by atoms with van der Waals surface area (Å²) in [6.07, 6.45) is 0.534. The Morgan fingerprint density at radius 1 is 1.45 bits per heavy atom. The van der Waals surface area contributed by atoms with E-state index in [1.807, 2.05) is 0 Å². The quantitative estimate of drug-likeness (QED) is 0.727. The summed E-state index contributed by atoms with van der Waals surface area (Å²) in [4.78, 5) is 0. The first kappa shape index (κ1) is 8.50. The van der Waals surface area contributed by atoms with Gasteiger partial charge in [0, 0.05) is 5.02 Å². The fraction of sp³-hybridized carbons (Fsp3) is 0.250. The fourth-order valence-electron chi connectivity index (χ4n) is 0.890. The number of halogens is 2. The zero-order valence-corrected chi connectivity index (χ0v) is 6.74. The lowest BCUT2D eigenvalue weighted by Gasteiger charge is -2.00. The first-order chi connectivity index (χ1) is 5.24. The van der Waals surface area contributed by atoms with E-state index in [2.05, 4.69) is 0 Å². The van der Waals surface area contributed by atoms with Crippen molar-refractivity contribution in [3.63, 3.8) is 0 Å². The van der Waals surface area contributed by atoms with Crippen LogP contribution in [0.25, 0.3) is 0 Å². The molecule has 11 heavy (non-hydrogen) atoms. The van der Waals surface area contributed by atoms with E-state index in [-0.39, 0.29) is 5.82 Å². The number of hydrogen-bond acceptors (Lipinski definition) is 1. The minimum absolute atomic E-state index is 0.236. The monoisotopic (exact) mass is 173 g/mol. The van der Waals surface area contributed by atoms with E-state index >= 15 is 0 Å². The SMILES string of the molecule is NCCc1cc(Cl)ccc1F. The Hall–Kier alpha value is -0.600. The second-order valence-corrected chi connectivity index (χ2v) is 2.71. The van der Waals surface area contributed by atoms with Gasteiger partial charge < -0.3 is 5.73 Å². The predicted octanol–water partition coefficient (Wildman–Crippen LogP) is 1.98. The molecule has 1 nitrogen and oxygen atoms in total. The molecule has 0 heterocycles. The zero-order valence-electron chi connectivity index (χ0n) is 5.98. The van der Waals surface area contributed by atoms with Gasteiger partial charge in [-0.1, -0.05) is 11.6 Å². The van der Waals surface area contributed by atoms with Gasteiger partial charge >= 0.3 is 0 Å². The third-order valence-corrected chi connectivity index (χ3v) is 1.66. The molecule has 0 unspecified atom stereocenters. The Bertz CT molecular complexity index is 250. The van der Waals surface area contributed by atoms with E-state index in [1.165, 1.54) is 12.1 Å². The molecule has 0 aliphatic carbocycles. The summed E-state index contributed by atoms with van der Waals surface area (Å²) in [7, 11) is 0. The highest BCUT2D eigenvalue weighted by molar-refractivity contribution is 6.30. The summed E-state index contributed by atoms with van der Waals surface area (Å²) in [5.74, 6) is -0.236. The van der Waals surface area contributed by atoms with Crippen molar-refractivity contribution < 1.29 is 4.39 Å². The Balaban J connectivity index is 2.93. The van der Waals surface area contributed by atoms with Gasteiger partial charge in [-0.25, -0.2) is 4.39 Å². The van der Waals surface area contributed by atoms with Gasteiger partial charge in [-0.3, -0.25) is 0 Å². The minimum Gasteiger partial charge on any atom is -0.330 e. The molecule has 0 bridgehead atoms. The van der Waals surface area contributed by atoms with Crippen LogP contribution in [-0.2, 0) is 6.42 Å². The van der Waals surface area contributed by atoms with Crippen molar-refractivity contribution >= 4 is 11.6 Å². The number of nitrogens with two attached hydrogens (primary N) is 1. The molecule has 1 aromatic rings. The van der Waals surface area contributed by atoms with Crippen molar-refractivity contribution in [2.75, 3.05) is 6.54 Å². The second kappa shape index (κ2) is 3.69. The van der Waals surface area contributed by atoms with Crippen molar-refractivity contribution in [2.45, 2.75) is 6.42 Å². The maximum absolute atomic E-state index is 12.8. The van der Waals surface area contributed by atoms with Gasteiger partial charge in [0.1, 0.15) is 5.82 Å². The number of rotatable bonds is 2. The van der Waals surface area contributed by atoms with Crippen LogP contribution in [-0.4, -0.2) is 6.54 Å². The van der Waals surface area contributed by atoms with Gasteiger partial charge in [0.15, 0.2) is 0 Å². The molecule has 0 atom stereocenters. The first-order valence-corrected chi connectivity index (χ1v) is 3.76. The van der Waals surface area contributed by atoms with Crippen molar-refractivity contribution in [2.24, 2.45) is 5.73 Å². The van der Waals surface area contributed by atoms with E-state index in [1.54, 1.807) is 6.07 Å². The lowest BCUT2D eigenvalue weighted by atomic mass is 10.1. The van der Waals surface area contributed by atoms with E-state index in [0.29, 0.717) is 23.6 Å². The summed E-state index contributed by atoms with van der Waals surface area (Å²) in [6.45, 7) is 0.442. The maximum Gasteiger partial charge on any atom is 0.126 e. The van der Waals surface area contributed by atoms with Crippen LogP contribution in [0.15, 0.2) is 18.2 Å². The van der Waals surface area contributed by atoms with Gasteiger partial charge in [0.25, 0.3) is 0 Å². The second-order valence-electron chi connectivity index (χ2n) is 2.27. The van der Waals surface area contributed by atoms with Crippen molar-refractivity contribution in [3.05, 3.63) is 34.6 Å². The zero-order chi connectivity index (χ0) is 8.27. The predicted molar refractivity (Wildman–Crippen MR) is 44.2 cm³/mol. The summed E-state index contributed by atoms with van der Waals surface area (Å²) in [5, 5.41) is 0.551. The lowest BCUT2D eigenvalue weighted by Crippen LogP contribution is -2.04.